The highest BCUT2D eigenvalue weighted by Crippen LogP contribution is 2.11. The maximum absolute atomic E-state index is 8.88. The van der Waals surface area contributed by atoms with Gasteiger partial charge in [-0.05, 0) is 31.5 Å². The second-order valence-corrected chi connectivity index (χ2v) is 4.98. The Morgan fingerprint density at radius 2 is 2.06 bits per heavy atom. The Morgan fingerprint density at radius 1 is 1.35 bits per heavy atom. The molecule has 2 atom stereocenters. The van der Waals surface area contributed by atoms with Crippen molar-refractivity contribution in [2.24, 2.45) is 0 Å². The molecule has 1 aliphatic rings. The molecule has 2 rings (SSSR count). The predicted octanol–water partition coefficient (Wildman–Crippen LogP) is 1.74. The van der Waals surface area contributed by atoms with Crippen LogP contribution in [0.2, 0.25) is 0 Å². The number of benzene rings is 1. The number of rotatable bonds is 2. The van der Waals surface area contributed by atoms with Crippen molar-refractivity contribution in [2.45, 2.75) is 32.5 Å². The van der Waals surface area contributed by atoms with Gasteiger partial charge in [-0.2, -0.15) is 5.26 Å². The van der Waals surface area contributed by atoms with Crippen LogP contribution in [0.1, 0.15) is 25.0 Å². The standard InChI is InChI=1S/C14H19N3/c1-11-8-17(9-12(2)16-11)10-14-5-3-4-13(6-14)7-15/h3-6,11-12,16H,8-10H2,1-2H3. The number of piperazine rings is 1. The van der Waals surface area contributed by atoms with E-state index in [-0.39, 0.29) is 0 Å². The van der Waals surface area contributed by atoms with Crippen molar-refractivity contribution in [3.05, 3.63) is 35.4 Å². The molecule has 0 aliphatic carbocycles. The predicted molar refractivity (Wildman–Crippen MR) is 68.5 cm³/mol. The Labute approximate surface area is 103 Å². The molecule has 0 aromatic heterocycles. The second-order valence-electron chi connectivity index (χ2n) is 4.98. The molecule has 3 nitrogen and oxygen atoms in total. The Morgan fingerprint density at radius 3 is 2.71 bits per heavy atom. The summed E-state index contributed by atoms with van der Waals surface area (Å²) in [4.78, 5) is 2.45. The zero-order valence-electron chi connectivity index (χ0n) is 10.5. The zero-order chi connectivity index (χ0) is 12.3. The van der Waals surface area contributed by atoms with Crippen molar-refractivity contribution in [3.8, 4) is 6.07 Å². The van der Waals surface area contributed by atoms with Gasteiger partial charge in [-0.3, -0.25) is 4.90 Å². The summed E-state index contributed by atoms with van der Waals surface area (Å²) in [6.45, 7) is 7.51. The van der Waals surface area contributed by atoms with Gasteiger partial charge < -0.3 is 5.32 Å². The average molecular weight is 229 g/mol. The lowest BCUT2D eigenvalue weighted by Crippen LogP contribution is -2.53. The average Bonchev–Trinajstić information content (AvgIpc) is 2.28. The molecule has 1 aromatic rings. The van der Waals surface area contributed by atoms with E-state index >= 15 is 0 Å². The fraction of sp³-hybridized carbons (Fsp3) is 0.500. The summed E-state index contributed by atoms with van der Waals surface area (Å²) < 4.78 is 0. The first-order valence-corrected chi connectivity index (χ1v) is 6.15. The summed E-state index contributed by atoms with van der Waals surface area (Å²) in [7, 11) is 0. The zero-order valence-corrected chi connectivity index (χ0v) is 10.5. The first-order valence-electron chi connectivity index (χ1n) is 6.15. The molecule has 1 fully saturated rings. The molecule has 1 heterocycles. The molecular weight excluding hydrogens is 210 g/mol. The van der Waals surface area contributed by atoms with Crippen LogP contribution in [0.15, 0.2) is 24.3 Å². The van der Waals surface area contributed by atoms with E-state index in [1.807, 2.05) is 18.2 Å². The van der Waals surface area contributed by atoms with E-state index in [0.29, 0.717) is 12.1 Å². The minimum Gasteiger partial charge on any atom is -0.309 e. The molecule has 0 spiro atoms. The van der Waals surface area contributed by atoms with Crippen molar-refractivity contribution in [1.29, 1.82) is 5.26 Å². The molecule has 0 bridgehead atoms. The molecule has 90 valence electrons. The largest absolute Gasteiger partial charge is 0.309 e. The van der Waals surface area contributed by atoms with E-state index in [1.165, 1.54) is 5.56 Å². The topological polar surface area (TPSA) is 39.1 Å². The maximum atomic E-state index is 8.88. The van der Waals surface area contributed by atoms with Crippen LogP contribution >= 0.6 is 0 Å². The van der Waals surface area contributed by atoms with Crippen molar-refractivity contribution < 1.29 is 0 Å². The third-order valence-corrected chi connectivity index (χ3v) is 3.10. The Hall–Kier alpha value is -1.37. The Balaban J connectivity index is 2.02. The van der Waals surface area contributed by atoms with E-state index in [0.717, 1.165) is 25.2 Å². The summed E-state index contributed by atoms with van der Waals surface area (Å²) in [5.74, 6) is 0. The molecule has 1 N–H and O–H groups in total. The van der Waals surface area contributed by atoms with Gasteiger partial charge in [0.25, 0.3) is 0 Å². The number of hydrogen-bond donors (Lipinski definition) is 1. The van der Waals surface area contributed by atoms with Crippen LogP contribution in [0.4, 0.5) is 0 Å². The minimum absolute atomic E-state index is 0.540. The summed E-state index contributed by atoms with van der Waals surface area (Å²) in [5.41, 5.74) is 1.98. The molecule has 1 saturated heterocycles. The summed E-state index contributed by atoms with van der Waals surface area (Å²) in [6, 6.07) is 11.2. The molecular formula is C14H19N3. The molecule has 0 radical (unpaired) electrons. The Bertz CT molecular complexity index is 412. The van der Waals surface area contributed by atoms with Gasteiger partial charge in [0.2, 0.25) is 0 Å². The highest BCUT2D eigenvalue weighted by Gasteiger charge is 2.20. The van der Waals surface area contributed by atoms with E-state index in [9.17, 15) is 0 Å². The molecule has 0 saturated carbocycles. The number of hydrogen-bond acceptors (Lipinski definition) is 3. The monoisotopic (exact) mass is 229 g/mol. The van der Waals surface area contributed by atoms with E-state index < -0.39 is 0 Å². The van der Waals surface area contributed by atoms with Crippen molar-refractivity contribution in [2.75, 3.05) is 13.1 Å². The number of nitrogens with zero attached hydrogens (tertiary/aromatic N) is 2. The van der Waals surface area contributed by atoms with Gasteiger partial charge >= 0.3 is 0 Å². The van der Waals surface area contributed by atoms with Crippen molar-refractivity contribution in [3.63, 3.8) is 0 Å². The van der Waals surface area contributed by atoms with Gasteiger partial charge in [-0.1, -0.05) is 12.1 Å². The van der Waals surface area contributed by atoms with Crippen molar-refractivity contribution in [1.82, 2.24) is 10.2 Å². The lowest BCUT2D eigenvalue weighted by molar-refractivity contribution is 0.166. The minimum atomic E-state index is 0.540. The smallest absolute Gasteiger partial charge is 0.0991 e. The number of nitrogens with one attached hydrogen (secondary N) is 1. The van der Waals surface area contributed by atoms with Crippen LogP contribution < -0.4 is 5.32 Å². The maximum Gasteiger partial charge on any atom is 0.0991 e. The third-order valence-electron chi connectivity index (χ3n) is 3.10. The highest BCUT2D eigenvalue weighted by molar-refractivity contribution is 5.32. The molecule has 3 heteroatoms. The summed E-state index contributed by atoms with van der Waals surface area (Å²) in [6.07, 6.45) is 0. The van der Waals surface area contributed by atoms with E-state index in [2.05, 4.69) is 36.2 Å². The summed E-state index contributed by atoms with van der Waals surface area (Å²) in [5, 5.41) is 12.4. The third kappa shape index (κ3) is 3.29. The van der Waals surface area contributed by atoms with Gasteiger partial charge in [0, 0.05) is 31.7 Å². The highest BCUT2D eigenvalue weighted by atomic mass is 15.2. The molecule has 17 heavy (non-hydrogen) atoms. The molecule has 1 aliphatic heterocycles. The van der Waals surface area contributed by atoms with E-state index in [1.54, 1.807) is 0 Å². The lowest BCUT2D eigenvalue weighted by atomic mass is 10.1. The quantitative estimate of drug-likeness (QED) is 0.839. The Kier molecular flexibility index (Phi) is 3.78. The van der Waals surface area contributed by atoms with Crippen LogP contribution in [0.5, 0.6) is 0 Å². The lowest BCUT2D eigenvalue weighted by Gasteiger charge is -2.36. The fourth-order valence-corrected chi connectivity index (χ4v) is 2.57. The van der Waals surface area contributed by atoms with Crippen LogP contribution in [-0.4, -0.2) is 30.1 Å². The van der Waals surface area contributed by atoms with Crippen LogP contribution in [-0.2, 0) is 6.54 Å². The summed E-state index contributed by atoms with van der Waals surface area (Å²) >= 11 is 0. The van der Waals surface area contributed by atoms with Crippen LogP contribution in [0.3, 0.4) is 0 Å². The van der Waals surface area contributed by atoms with Gasteiger partial charge in [0.05, 0.1) is 11.6 Å². The van der Waals surface area contributed by atoms with Crippen LogP contribution in [0, 0.1) is 11.3 Å². The molecule has 1 aromatic carbocycles. The molecule has 0 amide bonds. The van der Waals surface area contributed by atoms with Gasteiger partial charge in [-0.25, -0.2) is 0 Å². The van der Waals surface area contributed by atoms with Gasteiger partial charge in [0.15, 0.2) is 0 Å². The first kappa shape index (κ1) is 12.1. The van der Waals surface area contributed by atoms with Gasteiger partial charge in [0.1, 0.15) is 0 Å². The van der Waals surface area contributed by atoms with Gasteiger partial charge in [-0.15, -0.1) is 0 Å². The van der Waals surface area contributed by atoms with E-state index in [4.69, 9.17) is 5.26 Å². The number of nitriles is 1. The first-order chi connectivity index (χ1) is 8.17. The fourth-order valence-electron chi connectivity index (χ4n) is 2.57. The molecule has 2 unspecified atom stereocenters. The second kappa shape index (κ2) is 5.31. The van der Waals surface area contributed by atoms with Crippen molar-refractivity contribution >= 4 is 0 Å². The van der Waals surface area contributed by atoms with Crippen LogP contribution in [0.25, 0.3) is 0 Å². The SMILES string of the molecule is CC1CN(Cc2cccc(C#N)c2)CC(C)N1. The normalized spacial score (nSPS) is 25.5.